The van der Waals surface area contributed by atoms with Gasteiger partial charge in [0.05, 0.1) is 10.2 Å². The van der Waals surface area contributed by atoms with Crippen molar-refractivity contribution in [1.29, 1.82) is 0 Å². The number of rotatable bonds is 5. The molecule has 1 aromatic heterocycles. The first-order valence-electron chi connectivity index (χ1n) is 5.56. The van der Waals surface area contributed by atoms with Gasteiger partial charge in [-0.2, -0.15) is 0 Å². The first-order valence-corrected chi connectivity index (χ1v) is 6.64. The molecule has 4 nitrogen and oxygen atoms in total. The molecule has 5 heteroatoms. The molecule has 1 aromatic carbocycles. The molecule has 0 amide bonds. The molecule has 0 aliphatic carbocycles. The van der Waals surface area contributed by atoms with Crippen molar-refractivity contribution in [1.82, 2.24) is 9.97 Å². The van der Waals surface area contributed by atoms with Crippen LogP contribution in [0.3, 0.4) is 0 Å². The van der Waals surface area contributed by atoms with E-state index in [1.165, 1.54) is 11.1 Å². The third-order valence-electron chi connectivity index (χ3n) is 2.53. The van der Waals surface area contributed by atoms with E-state index in [4.69, 9.17) is 4.74 Å². The number of ether oxygens (including phenoxy) is 1. The SMILES string of the molecule is COCc1ccccc1CNc1ncncc1I. The summed E-state index contributed by atoms with van der Waals surface area (Å²) in [6.07, 6.45) is 3.34. The lowest BCUT2D eigenvalue weighted by molar-refractivity contribution is 0.184. The van der Waals surface area contributed by atoms with Gasteiger partial charge in [0.25, 0.3) is 0 Å². The maximum Gasteiger partial charge on any atom is 0.143 e. The van der Waals surface area contributed by atoms with Crippen molar-refractivity contribution in [3.05, 3.63) is 51.5 Å². The summed E-state index contributed by atoms with van der Waals surface area (Å²) >= 11 is 2.22. The summed E-state index contributed by atoms with van der Waals surface area (Å²) in [6, 6.07) is 8.22. The van der Waals surface area contributed by atoms with Crippen molar-refractivity contribution < 1.29 is 4.74 Å². The average molecular weight is 355 g/mol. The predicted octanol–water partition coefficient (Wildman–Crippen LogP) is 2.84. The van der Waals surface area contributed by atoms with Gasteiger partial charge in [-0.1, -0.05) is 24.3 Å². The molecule has 0 saturated heterocycles. The Morgan fingerprint density at radius 3 is 2.78 bits per heavy atom. The molecular weight excluding hydrogens is 341 g/mol. The second-order valence-corrected chi connectivity index (χ2v) is 4.94. The number of anilines is 1. The highest BCUT2D eigenvalue weighted by Crippen LogP contribution is 2.15. The fourth-order valence-corrected chi connectivity index (χ4v) is 2.14. The summed E-state index contributed by atoms with van der Waals surface area (Å²) in [4.78, 5) is 8.18. The zero-order valence-electron chi connectivity index (χ0n) is 10.1. The number of benzene rings is 1. The number of hydrogen-bond acceptors (Lipinski definition) is 4. The molecule has 0 atom stereocenters. The standard InChI is InChI=1S/C13H14IN3O/c1-18-8-11-5-3-2-4-10(11)6-16-13-12(14)7-15-9-17-13/h2-5,7,9H,6,8H2,1H3,(H,15,16,17). The van der Waals surface area contributed by atoms with E-state index in [2.05, 4.69) is 50.0 Å². The topological polar surface area (TPSA) is 47.0 Å². The van der Waals surface area contributed by atoms with Crippen LogP contribution < -0.4 is 5.32 Å². The molecule has 2 aromatic rings. The molecule has 0 aliphatic heterocycles. The van der Waals surface area contributed by atoms with Gasteiger partial charge in [-0.05, 0) is 33.7 Å². The van der Waals surface area contributed by atoms with Gasteiger partial charge < -0.3 is 10.1 Å². The summed E-state index contributed by atoms with van der Waals surface area (Å²) in [5.74, 6) is 0.859. The zero-order valence-corrected chi connectivity index (χ0v) is 12.2. The van der Waals surface area contributed by atoms with Crippen LogP contribution in [0.15, 0.2) is 36.8 Å². The fourth-order valence-electron chi connectivity index (χ4n) is 1.65. The van der Waals surface area contributed by atoms with Crippen LogP contribution in [0.4, 0.5) is 5.82 Å². The highest BCUT2D eigenvalue weighted by Gasteiger charge is 2.03. The molecule has 0 aliphatic rings. The maximum absolute atomic E-state index is 5.19. The average Bonchev–Trinajstić information content (AvgIpc) is 2.40. The molecule has 1 N–H and O–H groups in total. The Labute approximate surface area is 120 Å². The van der Waals surface area contributed by atoms with Gasteiger partial charge in [0.1, 0.15) is 12.1 Å². The van der Waals surface area contributed by atoms with Gasteiger partial charge in [-0.25, -0.2) is 9.97 Å². The van der Waals surface area contributed by atoms with Crippen molar-refractivity contribution in [2.75, 3.05) is 12.4 Å². The van der Waals surface area contributed by atoms with Crippen molar-refractivity contribution >= 4 is 28.4 Å². The number of nitrogens with zero attached hydrogens (tertiary/aromatic N) is 2. The second-order valence-electron chi connectivity index (χ2n) is 3.77. The number of halogens is 1. The predicted molar refractivity (Wildman–Crippen MR) is 79.2 cm³/mol. The summed E-state index contributed by atoms with van der Waals surface area (Å²) in [7, 11) is 1.71. The summed E-state index contributed by atoms with van der Waals surface area (Å²) in [6.45, 7) is 1.35. The Kier molecular flexibility index (Phi) is 4.89. The van der Waals surface area contributed by atoms with E-state index >= 15 is 0 Å². The Balaban J connectivity index is 2.08. The normalized spacial score (nSPS) is 10.3. The van der Waals surface area contributed by atoms with Gasteiger partial charge in [0.15, 0.2) is 0 Å². The van der Waals surface area contributed by atoms with Crippen LogP contribution in [0, 0.1) is 3.57 Å². The highest BCUT2D eigenvalue weighted by atomic mass is 127. The number of methoxy groups -OCH3 is 1. The van der Waals surface area contributed by atoms with Crippen molar-refractivity contribution in [3.63, 3.8) is 0 Å². The minimum Gasteiger partial charge on any atom is -0.380 e. The van der Waals surface area contributed by atoms with Gasteiger partial charge in [-0.3, -0.25) is 0 Å². The summed E-state index contributed by atoms with van der Waals surface area (Å²) < 4.78 is 6.20. The lowest BCUT2D eigenvalue weighted by Crippen LogP contribution is -2.06. The second kappa shape index (κ2) is 6.65. The van der Waals surface area contributed by atoms with Crippen molar-refractivity contribution in [2.24, 2.45) is 0 Å². The lowest BCUT2D eigenvalue weighted by atomic mass is 10.1. The van der Waals surface area contributed by atoms with Crippen LogP contribution in [0.25, 0.3) is 0 Å². The molecule has 0 fully saturated rings. The van der Waals surface area contributed by atoms with Gasteiger partial charge in [0, 0.05) is 19.9 Å². The first kappa shape index (κ1) is 13.2. The Hall–Kier alpha value is -1.21. The maximum atomic E-state index is 5.19. The zero-order chi connectivity index (χ0) is 12.8. The van der Waals surface area contributed by atoms with Crippen molar-refractivity contribution in [2.45, 2.75) is 13.2 Å². The number of hydrogen-bond donors (Lipinski definition) is 1. The van der Waals surface area contributed by atoms with E-state index in [9.17, 15) is 0 Å². The van der Waals surface area contributed by atoms with Crippen molar-refractivity contribution in [3.8, 4) is 0 Å². The van der Waals surface area contributed by atoms with Crippen LogP contribution >= 0.6 is 22.6 Å². The van der Waals surface area contributed by atoms with E-state index in [-0.39, 0.29) is 0 Å². The molecule has 0 bridgehead atoms. The van der Waals surface area contributed by atoms with E-state index in [1.807, 2.05) is 12.1 Å². The molecule has 0 unspecified atom stereocenters. The van der Waals surface area contributed by atoms with Gasteiger partial charge in [0.2, 0.25) is 0 Å². The van der Waals surface area contributed by atoms with Crippen LogP contribution in [0.1, 0.15) is 11.1 Å². The fraction of sp³-hybridized carbons (Fsp3) is 0.231. The largest absolute Gasteiger partial charge is 0.380 e. The molecule has 0 saturated carbocycles. The summed E-state index contributed by atoms with van der Waals surface area (Å²) in [5, 5.41) is 3.31. The lowest BCUT2D eigenvalue weighted by Gasteiger charge is -2.11. The minimum atomic E-state index is 0.624. The van der Waals surface area contributed by atoms with E-state index in [1.54, 1.807) is 19.6 Å². The van der Waals surface area contributed by atoms with Crippen LogP contribution in [-0.4, -0.2) is 17.1 Å². The molecule has 18 heavy (non-hydrogen) atoms. The van der Waals surface area contributed by atoms with Crippen LogP contribution in [0.5, 0.6) is 0 Å². The minimum absolute atomic E-state index is 0.624. The number of nitrogens with one attached hydrogen (secondary N) is 1. The van der Waals surface area contributed by atoms with E-state index < -0.39 is 0 Å². The van der Waals surface area contributed by atoms with Crippen LogP contribution in [0.2, 0.25) is 0 Å². The molecule has 0 spiro atoms. The smallest absolute Gasteiger partial charge is 0.143 e. The first-order chi connectivity index (χ1) is 8.81. The van der Waals surface area contributed by atoms with Gasteiger partial charge >= 0.3 is 0 Å². The molecule has 94 valence electrons. The monoisotopic (exact) mass is 355 g/mol. The molecule has 2 rings (SSSR count). The molecule has 0 radical (unpaired) electrons. The number of aromatic nitrogens is 2. The van der Waals surface area contributed by atoms with E-state index in [0.29, 0.717) is 6.61 Å². The third kappa shape index (κ3) is 3.39. The third-order valence-corrected chi connectivity index (χ3v) is 3.32. The van der Waals surface area contributed by atoms with Crippen LogP contribution in [-0.2, 0) is 17.9 Å². The quantitative estimate of drug-likeness (QED) is 0.838. The van der Waals surface area contributed by atoms with E-state index in [0.717, 1.165) is 15.9 Å². The Morgan fingerprint density at radius 1 is 1.28 bits per heavy atom. The molecule has 1 heterocycles. The molecular formula is C13H14IN3O. The van der Waals surface area contributed by atoms with Gasteiger partial charge in [-0.15, -0.1) is 0 Å². The summed E-state index contributed by atoms with van der Waals surface area (Å²) in [5.41, 5.74) is 2.41. The Morgan fingerprint density at radius 2 is 2.06 bits per heavy atom. The highest BCUT2D eigenvalue weighted by molar-refractivity contribution is 14.1. The Bertz CT molecular complexity index is 519.